The molecule has 0 aliphatic carbocycles. The van der Waals surface area contributed by atoms with Gasteiger partial charge < -0.3 is 38.5 Å². The van der Waals surface area contributed by atoms with Gasteiger partial charge in [0.2, 0.25) is 0 Å². The Morgan fingerprint density at radius 2 is 1.35 bits per heavy atom. The summed E-state index contributed by atoms with van der Waals surface area (Å²) < 4.78 is 35.6. The number of hydrogen-bond acceptors (Lipinski definition) is 12. The Morgan fingerprint density at radius 1 is 0.775 bits per heavy atom. The van der Waals surface area contributed by atoms with Gasteiger partial charge in [0.1, 0.15) is 12.6 Å². The van der Waals surface area contributed by atoms with Crippen molar-refractivity contribution in [3.05, 3.63) is 23.8 Å². The topological polar surface area (TPSA) is 145 Å². The van der Waals surface area contributed by atoms with Crippen LogP contribution in [0.5, 0.6) is 11.5 Å². The van der Waals surface area contributed by atoms with Gasteiger partial charge in [-0.2, -0.15) is 0 Å². The molecular weight excluding hydrogens is 526 g/mol. The van der Waals surface area contributed by atoms with Crippen molar-refractivity contribution in [2.24, 2.45) is 17.8 Å². The molecule has 0 amide bonds. The minimum Gasteiger partial charge on any atom is -0.468 e. The molecule has 1 aromatic carbocycles. The summed E-state index contributed by atoms with van der Waals surface area (Å²) in [6.45, 7) is 12.1. The molecule has 0 heterocycles. The molecule has 0 saturated carbocycles. The van der Waals surface area contributed by atoms with Crippen LogP contribution < -0.4 is 14.8 Å². The predicted molar refractivity (Wildman–Crippen MR) is 144 cm³/mol. The predicted octanol–water partition coefficient (Wildman–Crippen LogP) is 4.90. The van der Waals surface area contributed by atoms with Gasteiger partial charge >= 0.3 is 24.4 Å². The molecule has 12 nitrogen and oxygen atoms in total. The zero-order valence-electron chi connectivity index (χ0n) is 24.5. The van der Waals surface area contributed by atoms with E-state index in [1.54, 1.807) is 6.07 Å². The van der Waals surface area contributed by atoms with Gasteiger partial charge in [-0.25, -0.2) is 14.4 Å². The average Bonchev–Trinajstić information content (AvgIpc) is 2.91. The van der Waals surface area contributed by atoms with Gasteiger partial charge in [-0.05, 0) is 41.9 Å². The number of rotatable bonds is 16. The number of carbonyl (C=O) groups is 4. The Hall–Kier alpha value is -3.54. The number of hydrogen-bond donors (Lipinski definition) is 1. The molecule has 2 atom stereocenters. The van der Waals surface area contributed by atoms with Crippen molar-refractivity contribution in [3.63, 3.8) is 0 Å². The smallest absolute Gasteiger partial charge is 0.468 e. The van der Waals surface area contributed by atoms with E-state index >= 15 is 0 Å². The molecule has 0 aliphatic heterocycles. The van der Waals surface area contributed by atoms with Crippen molar-refractivity contribution >= 4 is 24.4 Å². The lowest BCUT2D eigenvalue weighted by Gasteiger charge is -2.18. The zero-order chi connectivity index (χ0) is 30.1. The Balaban J connectivity index is 2.92. The maximum atomic E-state index is 12.4. The summed E-state index contributed by atoms with van der Waals surface area (Å²) in [4.78, 5) is 48.5. The van der Waals surface area contributed by atoms with Gasteiger partial charge in [-0.3, -0.25) is 4.79 Å². The molecule has 1 aromatic rings. The largest absolute Gasteiger partial charge is 0.513 e. The van der Waals surface area contributed by atoms with Gasteiger partial charge in [-0.15, -0.1) is 0 Å². The first-order valence-corrected chi connectivity index (χ1v) is 13.4. The Bertz CT molecular complexity index is 948. The highest BCUT2D eigenvalue weighted by Gasteiger charge is 2.22. The van der Waals surface area contributed by atoms with E-state index in [0.29, 0.717) is 5.56 Å². The van der Waals surface area contributed by atoms with Crippen LogP contribution in [0.25, 0.3) is 0 Å². The molecule has 40 heavy (non-hydrogen) atoms. The Labute approximate surface area is 235 Å². The van der Waals surface area contributed by atoms with E-state index in [1.807, 2.05) is 41.5 Å². The highest BCUT2D eigenvalue weighted by molar-refractivity contribution is 5.76. The molecule has 0 aliphatic rings. The zero-order valence-corrected chi connectivity index (χ0v) is 24.5. The molecule has 0 saturated heterocycles. The van der Waals surface area contributed by atoms with Gasteiger partial charge in [-0.1, -0.05) is 54.0 Å². The highest BCUT2D eigenvalue weighted by atomic mass is 16.7. The Kier molecular flexibility index (Phi) is 16.1. The van der Waals surface area contributed by atoms with Crippen LogP contribution in [0.4, 0.5) is 14.4 Å². The van der Waals surface area contributed by atoms with E-state index < -0.39 is 30.5 Å². The van der Waals surface area contributed by atoms with Gasteiger partial charge in [0.05, 0.1) is 26.9 Å². The van der Waals surface area contributed by atoms with Crippen LogP contribution in [0.15, 0.2) is 18.2 Å². The molecule has 0 bridgehead atoms. The standard InChI is InChI=1S/C28H43NO11/c1-8-20(6)17-38-26(31)35-12-11-29-22(25(30)34-7)13-21-9-10-23(39-27(32)36-15-18(2)3)24(14-21)40-28(33)37-16-19(4)5/h9-10,14,18-20,22,29H,8,11-13,15-17H2,1-7H3/t20?,22-/m0/s1. The normalized spacial score (nSPS) is 12.3. The first-order valence-electron chi connectivity index (χ1n) is 13.4. The first-order chi connectivity index (χ1) is 18.9. The van der Waals surface area contributed by atoms with Crippen molar-refractivity contribution in [1.29, 1.82) is 0 Å². The summed E-state index contributed by atoms with van der Waals surface area (Å²) in [5, 5.41) is 2.97. The average molecular weight is 570 g/mol. The number of esters is 1. The fourth-order valence-electron chi connectivity index (χ4n) is 2.91. The second-order valence-electron chi connectivity index (χ2n) is 10.1. The van der Waals surface area contributed by atoms with Crippen LogP contribution in [0, 0.1) is 17.8 Å². The summed E-state index contributed by atoms with van der Waals surface area (Å²) in [6, 6.07) is 3.63. The summed E-state index contributed by atoms with van der Waals surface area (Å²) in [7, 11) is 1.25. The minimum atomic E-state index is -0.980. The van der Waals surface area contributed by atoms with Crippen molar-refractivity contribution in [1.82, 2.24) is 5.32 Å². The maximum Gasteiger partial charge on any atom is 0.513 e. The first kappa shape index (κ1) is 34.5. The molecular formula is C28H43NO11. The fourth-order valence-corrected chi connectivity index (χ4v) is 2.91. The highest BCUT2D eigenvalue weighted by Crippen LogP contribution is 2.30. The van der Waals surface area contributed by atoms with E-state index in [0.717, 1.165) is 6.42 Å². The number of nitrogens with one attached hydrogen (secondary N) is 1. The van der Waals surface area contributed by atoms with E-state index in [4.69, 9.17) is 33.2 Å². The van der Waals surface area contributed by atoms with Crippen molar-refractivity contribution in [2.75, 3.05) is 40.1 Å². The lowest BCUT2D eigenvalue weighted by Crippen LogP contribution is -2.41. The van der Waals surface area contributed by atoms with Crippen molar-refractivity contribution < 1.29 is 52.3 Å². The molecule has 0 radical (unpaired) electrons. The lowest BCUT2D eigenvalue weighted by atomic mass is 10.1. The van der Waals surface area contributed by atoms with Crippen LogP contribution in [0.1, 0.15) is 53.5 Å². The Morgan fingerprint density at radius 3 is 1.90 bits per heavy atom. The van der Waals surface area contributed by atoms with Crippen molar-refractivity contribution in [3.8, 4) is 11.5 Å². The molecule has 12 heteroatoms. The maximum absolute atomic E-state index is 12.4. The second kappa shape index (κ2) is 18.7. The molecule has 0 aromatic heterocycles. The van der Waals surface area contributed by atoms with Gasteiger partial charge in [0, 0.05) is 6.54 Å². The number of ether oxygens (including phenoxy) is 7. The third-order valence-electron chi connectivity index (χ3n) is 5.28. The van der Waals surface area contributed by atoms with E-state index in [-0.39, 0.29) is 68.6 Å². The third kappa shape index (κ3) is 14.6. The monoisotopic (exact) mass is 569 g/mol. The van der Waals surface area contributed by atoms with Crippen molar-refractivity contribution in [2.45, 2.75) is 60.4 Å². The molecule has 1 unspecified atom stereocenters. The third-order valence-corrected chi connectivity index (χ3v) is 5.28. The van der Waals surface area contributed by atoms with Gasteiger partial charge in [0.15, 0.2) is 11.5 Å². The SMILES string of the molecule is CCC(C)COC(=O)OCCN[C@@H](Cc1ccc(OC(=O)OCC(C)C)c(OC(=O)OCC(C)C)c1)C(=O)OC. The van der Waals surface area contributed by atoms with Crippen LogP contribution in [-0.4, -0.2) is 70.6 Å². The molecule has 0 spiro atoms. The summed E-state index contributed by atoms with van der Waals surface area (Å²) in [5.74, 6) is -0.313. The summed E-state index contributed by atoms with van der Waals surface area (Å²) in [5.41, 5.74) is 0.548. The minimum absolute atomic E-state index is 0.0336. The van der Waals surface area contributed by atoms with Gasteiger partial charge in [0.25, 0.3) is 0 Å². The fraction of sp³-hybridized carbons (Fsp3) is 0.643. The van der Waals surface area contributed by atoms with Crippen LogP contribution in [-0.2, 0) is 34.9 Å². The molecule has 1 rings (SSSR count). The number of methoxy groups -OCH3 is 1. The molecule has 0 fully saturated rings. The molecule has 226 valence electrons. The van der Waals surface area contributed by atoms with Crippen LogP contribution in [0.2, 0.25) is 0 Å². The second-order valence-corrected chi connectivity index (χ2v) is 10.1. The van der Waals surface area contributed by atoms with E-state index in [1.165, 1.54) is 19.2 Å². The van der Waals surface area contributed by atoms with E-state index in [9.17, 15) is 19.2 Å². The van der Waals surface area contributed by atoms with E-state index in [2.05, 4.69) is 5.32 Å². The lowest BCUT2D eigenvalue weighted by molar-refractivity contribution is -0.143. The summed E-state index contributed by atoms with van der Waals surface area (Å²) >= 11 is 0. The quantitative estimate of drug-likeness (QED) is 0.125. The number of carbonyl (C=O) groups excluding carboxylic acids is 4. The number of benzene rings is 1. The van der Waals surface area contributed by atoms with Crippen LogP contribution in [0.3, 0.4) is 0 Å². The molecule has 1 N–H and O–H groups in total. The summed E-state index contributed by atoms with van der Waals surface area (Å²) in [6.07, 6.45) is -1.74. The van der Waals surface area contributed by atoms with Crippen LogP contribution >= 0.6 is 0 Å².